The summed E-state index contributed by atoms with van der Waals surface area (Å²) in [6, 6.07) is 1.44. The van der Waals surface area contributed by atoms with E-state index in [-0.39, 0.29) is 39.1 Å². The maximum Gasteiger partial charge on any atom is 0.410 e. The molecule has 0 fully saturated rings. The minimum atomic E-state index is -0.799. The summed E-state index contributed by atoms with van der Waals surface area (Å²) < 4.78 is 10.5. The van der Waals surface area contributed by atoms with Crippen LogP contribution >= 0.6 is 34.5 Å². The predicted octanol–water partition coefficient (Wildman–Crippen LogP) is 4.53. The van der Waals surface area contributed by atoms with Gasteiger partial charge in [0.05, 0.1) is 40.9 Å². The molecule has 11 heteroatoms. The number of anilines is 1. The molecule has 1 aromatic carbocycles. The number of ether oxygens (including phenoxy) is 2. The molecule has 0 radical (unpaired) electrons. The molecule has 2 aromatic rings. The van der Waals surface area contributed by atoms with Crippen molar-refractivity contribution in [3.8, 4) is 11.5 Å². The van der Waals surface area contributed by atoms with E-state index in [4.69, 9.17) is 32.7 Å². The van der Waals surface area contributed by atoms with Crippen molar-refractivity contribution in [2.45, 2.75) is 33.0 Å². The normalized spacial score (nSPS) is 17.4. The zero-order valence-corrected chi connectivity index (χ0v) is 19.2. The van der Waals surface area contributed by atoms with Gasteiger partial charge in [0, 0.05) is 17.5 Å². The number of phenolic OH excluding ortho intramolecular Hbond substituents is 1. The van der Waals surface area contributed by atoms with E-state index in [2.05, 4.69) is 10.6 Å². The minimum absolute atomic E-state index is 0.124. The van der Waals surface area contributed by atoms with E-state index < -0.39 is 6.17 Å². The highest BCUT2D eigenvalue weighted by Gasteiger charge is 2.36. The summed E-state index contributed by atoms with van der Waals surface area (Å²) in [5.41, 5.74) is 1.71. The van der Waals surface area contributed by atoms with Crippen molar-refractivity contribution in [3.05, 3.63) is 37.7 Å². The number of hydrogen-bond donors (Lipinski definition) is 3. The van der Waals surface area contributed by atoms with E-state index in [1.54, 1.807) is 18.7 Å². The van der Waals surface area contributed by atoms with Gasteiger partial charge in [-0.05, 0) is 25.8 Å². The summed E-state index contributed by atoms with van der Waals surface area (Å²) in [7, 11) is 0. The first-order valence-corrected chi connectivity index (χ1v) is 11.4. The number of nitrogens with one attached hydrogen (secondary N) is 2. The molecule has 0 spiro atoms. The summed E-state index contributed by atoms with van der Waals surface area (Å²) in [6.45, 7) is 5.03. The smallest absolute Gasteiger partial charge is 0.410 e. The molecule has 0 saturated carbocycles. The van der Waals surface area contributed by atoms with E-state index in [1.165, 1.54) is 17.4 Å². The Morgan fingerprint density at radius 1 is 1.32 bits per heavy atom. The van der Waals surface area contributed by atoms with Gasteiger partial charge >= 0.3 is 6.09 Å². The number of amides is 2. The zero-order valence-electron chi connectivity index (χ0n) is 16.9. The number of fused-ring (bicyclic) bond motifs is 3. The van der Waals surface area contributed by atoms with Crippen LogP contribution in [0.25, 0.3) is 0 Å². The Morgan fingerprint density at radius 3 is 2.81 bits per heavy atom. The molecule has 8 nitrogen and oxygen atoms in total. The first kappa shape index (κ1) is 21.9. The van der Waals surface area contributed by atoms with E-state index in [0.717, 1.165) is 10.4 Å². The average Bonchev–Trinajstić information content (AvgIpc) is 3.10. The number of benzene rings is 1. The van der Waals surface area contributed by atoms with Gasteiger partial charge in [0.15, 0.2) is 11.5 Å². The van der Waals surface area contributed by atoms with Crippen LogP contribution in [0.4, 0.5) is 9.80 Å². The lowest BCUT2D eigenvalue weighted by Gasteiger charge is -2.29. The number of carbonyl (C=O) groups is 2. The first-order valence-electron chi connectivity index (χ1n) is 9.82. The maximum atomic E-state index is 13.0. The molecule has 31 heavy (non-hydrogen) atoms. The van der Waals surface area contributed by atoms with Crippen molar-refractivity contribution in [3.63, 3.8) is 0 Å². The Hall–Kier alpha value is -2.36. The Bertz CT molecular complexity index is 1060. The van der Waals surface area contributed by atoms with Crippen molar-refractivity contribution in [2.24, 2.45) is 0 Å². The highest BCUT2D eigenvalue weighted by Crippen LogP contribution is 2.47. The summed E-state index contributed by atoms with van der Waals surface area (Å²) >= 11 is 14.0. The molecule has 0 bridgehead atoms. The minimum Gasteiger partial charge on any atom is -0.504 e. The van der Waals surface area contributed by atoms with Crippen LogP contribution in [-0.2, 0) is 17.7 Å². The van der Waals surface area contributed by atoms with E-state index in [0.29, 0.717) is 43.3 Å². The molecule has 0 saturated heterocycles. The summed E-state index contributed by atoms with van der Waals surface area (Å²) in [6.07, 6.45) is -0.613. The van der Waals surface area contributed by atoms with Gasteiger partial charge in [-0.1, -0.05) is 23.2 Å². The van der Waals surface area contributed by atoms with Crippen LogP contribution in [0.3, 0.4) is 0 Å². The topological polar surface area (TPSA) is 100 Å². The molecule has 4 rings (SSSR count). The monoisotopic (exact) mass is 485 g/mol. The van der Waals surface area contributed by atoms with E-state index in [1.807, 2.05) is 0 Å². The van der Waals surface area contributed by atoms with Crippen molar-refractivity contribution in [1.29, 1.82) is 0 Å². The fourth-order valence-electron chi connectivity index (χ4n) is 3.77. The Balaban J connectivity index is 1.67. The lowest BCUT2D eigenvalue weighted by Crippen LogP contribution is -2.39. The molecule has 0 aliphatic carbocycles. The van der Waals surface area contributed by atoms with Gasteiger partial charge in [-0.2, -0.15) is 0 Å². The van der Waals surface area contributed by atoms with Crippen LogP contribution in [0.5, 0.6) is 11.5 Å². The van der Waals surface area contributed by atoms with E-state index >= 15 is 0 Å². The van der Waals surface area contributed by atoms with Crippen LogP contribution in [0.1, 0.15) is 46.4 Å². The predicted molar refractivity (Wildman–Crippen MR) is 119 cm³/mol. The molecular weight excluding hydrogens is 465 g/mol. The highest BCUT2D eigenvalue weighted by molar-refractivity contribution is 7.16. The fourth-order valence-corrected chi connectivity index (χ4v) is 5.51. The van der Waals surface area contributed by atoms with Crippen LogP contribution in [0.15, 0.2) is 6.07 Å². The number of hydrogen-bond acceptors (Lipinski definition) is 7. The van der Waals surface area contributed by atoms with Crippen molar-refractivity contribution in [1.82, 2.24) is 10.2 Å². The van der Waals surface area contributed by atoms with Gasteiger partial charge in [0.1, 0.15) is 11.2 Å². The number of nitrogens with zero attached hydrogens (tertiary/aromatic N) is 1. The molecular formula is C20H21Cl2N3O5S. The number of thiophene rings is 1. The zero-order chi connectivity index (χ0) is 22.3. The maximum absolute atomic E-state index is 13.0. The third-order valence-electron chi connectivity index (χ3n) is 5.14. The number of rotatable bonds is 4. The molecule has 1 unspecified atom stereocenters. The number of halogens is 2. The Kier molecular flexibility index (Phi) is 6.09. The lowest BCUT2D eigenvalue weighted by atomic mass is 10.00. The van der Waals surface area contributed by atoms with Gasteiger partial charge < -0.3 is 30.1 Å². The molecule has 166 valence electrons. The molecule has 2 aliphatic heterocycles. The third-order valence-corrected chi connectivity index (χ3v) is 7.09. The van der Waals surface area contributed by atoms with Crippen LogP contribution in [0.2, 0.25) is 10.0 Å². The number of phenols is 1. The molecule has 3 heterocycles. The van der Waals surface area contributed by atoms with E-state index in [9.17, 15) is 14.7 Å². The van der Waals surface area contributed by atoms with Crippen LogP contribution in [0, 0.1) is 0 Å². The van der Waals surface area contributed by atoms with Crippen molar-refractivity contribution < 1.29 is 24.2 Å². The van der Waals surface area contributed by atoms with Crippen LogP contribution < -0.4 is 15.4 Å². The quantitative estimate of drug-likeness (QED) is 0.588. The Labute approximate surface area is 193 Å². The molecule has 1 atom stereocenters. The van der Waals surface area contributed by atoms with Gasteiger partial charge in [-0.25, -0.2) is 4.79 Å². The van der Waals surface area contributed by atoms with Gasteiger partial charge in [0.2, 0.25) is 0 Å². The third kappa shape index (κ3) is 3.86. The largest absolute Gasteiger partial charge is 0.504 e. The molecule has 3 N–H and O–H groups in total. The average molecular weight is 486 g/mol. The molecule has 2 amide bonds. The second-order valence-electron chi connectivity index (χ2n) is 7.00. The SMILES string of the molecule is CCOC(=O)N1CCc2c(sc3c2C(=O)NC(c2c(O)c(OCC)cc(Cl)c2Cl)N3)C1. The number of aromatic hydroxyl groups is 1. The second kappa shape index (κ2) is 8.64. The summed E-state index contributed by atoms with van der Waals surface area (Å²) in [4.78, 5) is 27.6. The van der Waals surface area contributed by atoms with Gasteiger partial charge in [0.25, 0.3) is 5.91 Å². The first-order chi connectivity index (χ1) is 14.8. The summed E-state index contributed by atoms with van der Waals surface area (Å²) in [5.74, 6) is -0.286. The lowest BCUT2D eigenvalue weighted by molar-refractivity contribution is 0.0933. The van der Waals surface area contributed by atoms with Crippen LogP contribution in [-0.4, -0.2) is 41.8 Å². The van der Waals surface area contributed by atoms with Gasteiger partial charge in [-0.3, -0.25) is 4.79 Å². The molecule has 1 aromatic heterocycles. The standard InChI is InChI=1S/C20H21Cl2N3O5S/c1-3-29-11-7-10(21)15(22)14(16(11)26)17-23-18(27)13-9-5-6-25(20(28)30-4-2)8-12(9)31-19(13)24-17/h7,17,24,26H,3-6,8H2,1-2H3,(H,23,27). The fraction of sp³-hybridized carbons (Fsp3) is 0.400. The number of carbonyl (C=O) groups excluding carboxylic acids is 2. The second-order valence-corrected chi connectivity index (χ2v) is 8.89. The Morgan fingerprint density at radius 2 is 2.10 bits per heavy atom. The van der Waals surface area contributed by atoms with Gasteiger partial charge in [-0.15, -0.1) is 11.3 Å². The van der Waals surface area contributed by atoms with Crippen molar-refractivity contribution in [2.75, 3.05) is 25.1 Å². The highest BCUT2D eigenvalue weighted by atomic mass is 35.5. The molecule has 2 aliphatic rings. The summed E-state index contributed by atoms with van der Waals surface area (Å²) in [5, 5.41) is 17.8. The van der Waals surface area contributed by atoms with Crippen molar-refractivity contribution >= 4 is 51.5 Å².